The van der Waals surface area contributed by atoms with E-state index in [2.05, 4.69) is 10.1 Å². The molecule has 7 nitrogen and oxygen atoms in total. The molecule has 2 aromatic rings. The highest BCUT2D eigenvalue weighted by Gasteiger charge is 2.24. The van der Waals surface area contributed by atoms with Crippen molar-refractivity contribution in [2.45, 2.75) is 33.2 Å². The second-order valence-electron chi connectivity index (χ2n) is 6.40. The predicted molar refractivity (Wildman–Crippen MR) is 94.6 cm³/mol. The Morgan fingerprint density at radius 2 is 1.88 bits per heavy atom. The van der Waals surface area contributed by atoms with Crippen molar-refractivity contribution in [2.75, 3.05) is 13.7 Å². The number of furan rings is 1. The Bertz CT molecular complexity index is 807. The average molecular weight is 361 g/mol. The van der Waals surface area contributed by atoms with Crippen molar-refractivity contribution in [1.29, 1.82) is 0 Å². The van der Waals surface area contributed by atoms with E-state index in [1.165, 1.54) is 7.11 Å². The van der Waals surface area contributed by atoms with Gasteiger partial charge in [-0.3, -0.25) is 4.79 Å². The van der Waals surface area contributed by atoms with Gasteiger partial charge in [-0.15, -0.1) is 0 Å². The van der Waals surface area contributed by atoms with Crippen LogP contribution >= 0.6 is 0 Å². The van der Waals surface area contributed by atoms with Crippen molar-refractivity contribution in [3.63, 3.8) is 0 Å². The minimum absolute atomic E-state index is 0.0608. The molecule has 0 aliphatic rings. The summed E-state index contributed by atoms with van der Waals surface area (Å²) in [5.74, 6) is -1.60. The van der Waals surface area contributed by atoms with E-state index in [-0.39, 0.29) is 11.7 Å². The molecule has 1 aromatic heterocycles. The molecule has 1 amide bonds. The fraction of sp³-hybridized carbons (Fsp3) is 0.421. The summed E-state index contributed by atoms with van der Waals surface area (Å²) in [7, 11) is 1.26. The van der Waals surface area contributed by atoms with E-state index < -0.39 is 30.5 Å². The van der Waals surface area contributed by atoms with Gasteiger partial charge in [-0.25, -0.2) is 9.59 Å². The summed E-state index contributed by atoms with van der Waals surface area (Å²) < 4.78 is 15.2. The molecule has 7 heteroatoms. The first kappa shape index (κ1) is 19.5. The third-order valence-electron chi connectivity index (χ3n) is 3.89. The van der Waals surface area contributed by atoms with Gasteiger partial charge in [-0.1, -0.05) is 32.0 Å². The molecule has 1 N–H and O–H groups in total. The zero-order valence-electron chi connectivity index (χ0n) is 15.3. The van der Waals surface area contributed by atoms with Gasteiger partial charge in [0.05, 0.1) is 7.11 Å². The number of esters is 2. The molecule has 1 aromatic carbocycles. The number of amides is 1. The van der Waals surface area contributed by atoms with Gasteiger partial charge >= 0.3 is 11.9 Å². The fourth-order valence-electron chi connectivity index (χ4n) is 2.63. The summed E-state index contributed by atoms with van der Waals surface area (Å²) >= 11 is 0. The van der Waals surface area contributed by atoms with Gasteiger partial charge < -0.3 is 19.2 Å². The van der Waals surface area contributed by atoms with E-state index >= 15 is 0 Å². The number of carbonyl (C=O) groups is 3. The molecule has 0 unspecified atom stereocenters. The summed E-state index contributed by atoms with van der Waals surface area (Å²) in [5, 5.41) is 3.34. The molecule has 0 radical (unpaired) electrons. The van der Waals surface area contributed by atoms with Gasteiger partial charge in [0.2, 0.25) is 5.76 Å². The van der Waals surface area contributed by atoms with Crippen LogP contribution in [0, 0.1) is 12.8 Å². The van der Waals surface area contributed by atoms with E-state index in [0.717, 1.165) is 5.39 Å². The Kier molecular flexibility index (Phi) is 6.38. The van der Waals surface area contributed by atoms with Crippen LogP contribution in [0.15, 0.2) is 28.7 Å². The monoisotopic (exact) mass is 361 g/mol. The molecule has 140 valence electrons. The molecule has 0 aliphatic heterocycles. The number of nitrogens with one attached hydrogen (secondary N) is 1. The maximum atomic E-state index is 12.2. The lowest BCUT2D eigenvalue weighted by atomic mass is 10.0. The smallest absolute Gasteiger partial charge is 0.375 e. The molecule has 1 heterocycles. The Labute approximate surface area is 151 Å². The molecular weight excluding hydrogens is 338 g/mol. The fourth-order valence-corrected chi connectivity index (χ4v) is 2.63. The van der Waals surface area contributed by atoms with E-state index in [1.54, 1.807) is 19.1 Å². The van der Waals surface area contributed by atoms with Crippen molar-refractivity contribution in [3.8, 4) is 0 Å². The highest BCUT2D eigenvalue weighted by Crippen LogP contribution is 2.25. The van der Waals surface area contributed by atoms with Gasteiger partial charge in [0.15, 0.2) is 6.61 Å². The Morgan fingerprint density at radius 3 is 2.50 bits per heavy atom. The zero-order chi connectivity index (χ0) is 19.3. The molecule has 0 aliphatic carbocycles. The molecule has 0 bridgehead atoms. The summed E-state index contributed by atoms with van der Waals surface area (Å²) in [6, 6.07) is 6.45. The van der Waals surface area contributed by atoms with Crippen LogP contribution < -0.4 is 5.32 Å². The molecule has 0 saturated heterocycles. The predicted octanol–water partition coefficient (Wildman–Crippen LogP) is 2.60. The number of fused-ring (bicyclic) bond motifs is 1. The third-order valence-corrected chi connectivity index (χ3v) is 3.89. The number of rotatable bonds is 7. The number of ether oxygens (including phenoxy) is 2. The number of hydrogen-bond acceptors (Lipinski definition) is 6. The second kappa shape index (κ2) is 8.51. The lowest BCUT2D eigenvalue weighted by Crippen LogP contribution is -2.44. The van der Waals surface area contributed by atoms with E-state index in [0.29, 0.717) is 17.6 Å². The highest BCUT2D eigenvalue weighted by atomic mass is 16.5. The van der Waals surface area contributed by atoms with Crippen LogP contribution in [0.1, 0.15) is 36.4 Å². The lowest BCUT2D eigenvalue weighted by molar-refractivity contribution is -0.145. The number of methoxy groups -OCH3 is 1. The molecule has 2 rings (SSSR count). The average Bonchev–Trinajstić information content (AvgIpc) is 2.95. The molecule has 0 fully saturated rings. The van der Waals surface area contributed by atoms with Gasteiger partial charge in [0.1, 0.15) is 11.6 Å². The number of hydrogen-bond donors (Lipinski definition) is 1. The van der Waals surface area contributed by atoms with Crippen molar-refractivity contribution >= 4 is 28.8 Å². The maximum Gasteiger partial charge on any atom is 0.375 e. The normalized spacial score (nSPS) is 12.0. The second-order valence-corrected chi connectivity index (χ2v) is 6.40. The molecule has 1 atom stereocenters. The standard InChI is InChI=1S/C19H23NO6/c1-11(2)9-14(18(22)24-4)20-16(21)10-25-19(23)17-12(3)13-7-5-6-8-15(13)26-17/h5-8,11,14H,9-10H2,1-4H3,(H,20,21)/t14-/m1/s1. The van der Waals surface area contributed by atoms with E-state index in [4.69, 9.17) is 9.15 Å². The molecule has 0 spiro atoms. The minimum Gasteiger partial charge on any atom is -0.467 e. The van der Waals surface area contributed by atoms with Gasteiger partial charge in [-0.2, -0.15) is 0 Å². The van der Waals surface area contributed by atoms with Crippen molar-refractivity contribution in [1.82, 2.24) is 5.32 Å². The van der Waals surface area contributed by atoms with Crippen LogP contribution in [0.5, 0.6) is 0 Å². The van der Waals surface area contributed by atoms with Gasteiger partial charge in [0.25, 0.3) is 5.91 Å². The quantitative estimate of drug-likeness (QED) is 0.762. The number of benzene rings is 1. The van der Waals surface area contributed by atoms with Crippen LogP contribution in [0.25, 0.3) is 11.0 Å². The minimum atomic E-state index is -0.779. The summed E-state index contributed by atoms with van der Waals surface area (Å²) in [5.41, 5.74) is 1.22. The number of carbonyl (C=O) groups excluding carboxylic acids is 3. The SMILES string of the molecule is COC(=O)[C@@H](CC(C)C)NC(=O)COC(=O)c1oc2ccccc2c1C. The Morgan fingerprint density at radius 1 is 1.19 bits per heavy atom. The van der Waals surface area contributed by atoms with Crippen LogP contribution in [-0.4, -0.2) is 37.6 Å². The molecular formula is C19H23NO6. The van der Waals surface area contributed by atoms with Crippen LogP contribution in [0.3, 0.4) is 0 Å². The topological polar surface area (TPSA) is 94.8 Å². The van der Waals surface area contributed by atoms with Gasteiger partial charge in [-0.05, 0) is 25.3 Å². The van der Waals surface area contributed by atoms with Crippen LogP contribution in [0.2, 0.25) is 0 Å². The van der Waals surface area contributed by atoms with E-state index in [9.17, 15) is 14.4 Å². The summed E-state index contributed by atoms with van der Waals surface area (Å²) in [4.78, 5) is 36.0. The zero-order valence-corrected chi connectivity index (χ0v) is 15.3. The Hall–Kier alpha value is -2.83. The largest absolute Gasteiger partial charge is 0.467 e. The molecule has 0 saturated carbocycles. The lowest BCUT2D eigenvalue weighted by Gasteiger charge is -2.18. The highest BCUT2D eigenvalue weighted by molar-refractivity contribution is 5.96. The van der Waals surface area contributed by atoms with Crippen LogP contribution in [0.4, 0.5) is 0 Å². The first-order valence-electron chi connectivity index (χ1n) is 8.36. The van der Waals surface area contributed by atoms with Crippen molar-refractivity contribution in [2.24, 2.45) is 5.92 Å². The van der Waals surface area contributed by atoms with E-state index in [1.807, 2.05) is 26.0 Å². The third kappa shape index (κ3) is 4.62. The molecule has 26 heavy (non-hydrogen) atoms. The first-order valence-corrected chi connectivity index (χ1v) is 8.36. The van der Waals surface area contributed by atoms with Crippen LogP contribution in [-0.2, 0) is 19.1 Å². The Balaban J connectivity index is 1.98. The maximum absolute atomic E-state index is 12.2. The van der Waals surface area contributed by atoms with Crippen molar-refractivity contribution < 1.29 is 28.3 Å². The summed E-state index contributed by atoms with van der Waals surface area (Å²) in [6.07, 6.45) is 0.426. The summed E-state index contributed by atoms with van der Waals surface area (Å²) in [6.45, 7) is 5.08. The number of aryl methyl sites for hydroxylation is 1. The number of para-hydroxylation sites is 1. The first-order chi connectivity index (χ1) is 12.3. The van der Waals surface area contributed by atoms with Crippen molar-refractivity contribution in [3.05, 3.63) is 35.6 Å². The van der Waals surface area contributed by atoms with Gasteiger partial charge in [0, 0.05) is 10.9 Å².